The molecule has 1 heterocycles. The maximum absolute atomic E-state index is 12.9. The zero-order valence-corrected chi connectivity index (χ0v) is 9.49. The van der Waals surface area contributed by atoms with Crippen molar-refractivity contribution in [2.24, 2.45) is 0 Å². The molecule has 0 aliphatic carbocycles. The molecule has 2 rings (SSSR count). The SMILES string of the molecule is Nc1ccc(F)cc1OCC(=O)N1CCCC1. The molecule has 1 fully saturated rings. The lowest BCUT2D eigenvalue weighted by Gasteiger charge is -2.16. The third-order valence-corrected chi connectivity index (χ3v) is 2.79. The number of rotatable bonds is 3. The molecule has 1 aromatic carbocycles. The van der Waals surface area contributed by atoms with Crippen LogP contribution in [0.15, 0.2) is 18.2 Å². The van der Waals surface area contributed by atoms with Crippen LogP contribution in [0.5, 0.6) is 5.75 Å². The quantitative estimate of drug-likeness (QED) is 0.810. The molecule has 0 aromatic heterocycles. The summed E-state index contributed by atoms with van der Waals surface area (Å²) < 4.78 is 18.2. The van der Waals surface area contributed by atoms with Gasteiger partial charge in [0.2, 0.25) is 0 Å². The number of nitrogen functional groups attached to an aromatic ring is 1. The Labute approximate surface area is 99.2 Å². The first-order valence-electron chi connectivity index (χ1n) is 5.62. The molecule has 0 radical (unpaired) electrons. The summed E-state index contributed by atoms with van der Waals surface area (Å²) in [5.41, 5.74) is 5.95. The van der Waals surface area contributed by atoms with E-state index in [1.807, 2.05) is 0 Å². The number of ether oxygens (including phenoxy) is 1. The summed E-state index contributed by atoms with van der Waals surface area (Å²) in [6.07, 6.45) is 2.07. The summed E-state index contributed by atoms with van der Waals surface area (Å²) in [4.78, 5) is 13.4. The summed E-state index contributed by atoms with van der Waals surface area (Å²) in [6, 6.07) is 3.86. The predicted molar refractivity (Wildman–Crippen MR) is 62.1 cm³/mol. The summed E-state index contributed by atoms with van der Waals surface area (Å²) in [5, 5.41) is 0. The van der Waals surface area contributed by atoms with E-state index in [1.54, 1.807) is 4.90 Å². The first kappa shape index (κ1) is 11.7. The molecule has 5 heteroatoms. The van der Waals surface area contributed by atoms with Gasteiger partial charge in [0, 0.05) is 19.2 Å². The molecule has 1 aliphatic heterocycles. The topological polar surface area (TPSA) is 55.6 Å². The highest BCUT2D eigenvalue weighted by Gasteiger charge is 2.18. The van der Waals surface area contributed by atoms with Crippen LogP contribution in [0, 0.1) is 5.82 Å². The maximum Gasteiger partial charge on any atom is 0.260 e. The molecule has 0 saturated carbocycles. The van der Waals surface area contributed by atoms with E-state index in [-0.39, 0.29) is 18.3 Å². The van der Waals surface area contributed by atoms with Gasteiger partial charge in [0.25, 0.3) is 5.91 Å². The Morgan fingerprint density at radius 2 is 2.12 bits per heavy atom. The number of likely N-dealkylation sites (tertiary alicyclic amines) is 1. The highest BCUT2D eigenvalue weighted by atomic mass is 19.1. The van der Waals surface area contributed by atoms with Gasteiger partial charge in [-0.1, -0.05) is 0 Å². The van der Waals surface area contributed by atoms with E-state index in [2.05, 4.69) is 0 Å². The number of amides is 1. The second-order valence-corrected chi connectivity index (χ2v) is 4.06. The molecule has 1 saturated heterocycles. The number of halogens is 1. The van der Waals surface area contributed by atoms with Crippen LogP contribution >= 0.6 is 0 Å². The molecule has 0 atom stereocenters. The van der Waals surface area contributed by atoms with Crippen LogP contribution in [0.2, 0.25) is 0 Å². The minimum absolute atomic E-state index is 0.0776. The molecular weight excluding hydrogens is 223 g/mol. The first-order valence-corrected chi connectivity index (χ1v) is 5.62. The van der Waals surface area contributed by atoms with Crippen molar-refractivity contribution in [2.75, 3.05) is 25.4 Å². The third-order valence-electron chi connectivity index (χ3n) is 2.79. The van der Waals surface area contributed by atoms with Crippen molar-refractivity contribution >= 4 is 11.6 Å². The lowest BCUT2D eigenvalue weighted by atomic mass is 10.3. The molecule has 2 N–H and O–H groups in total. The monoisotopic (exact) mass is 238 g/mol. The average Bonchev–Trinajstić information content (AvgIpc) is 2.83. The van der Waals surface area contributed by atoms with E-state index in [4.69, 9.17) is 10.5 Å². The average molecular weight is 238 g/mol. The Balaban J connectivity index is 1.92. The van der Waals surface area contributed by atoms with Crippen molar-refractivity contribution in [1.29, 1.82) is 0 Å². The first-order chi connectivity index (χ1) is 8.16. The van der Waals surface area contributed by atoms with E-state index < -0.39 is 5.82 Å². The minimum atomic E-state index is -0.428. The van der Waals surface area contributed by atoms with Gasteiger partial charge in [-0.25, -0.2) is 4.39 Å². The molecular formula is C12H15FN2O2. The second-order valence-electron chi connectivity index (χ2n) is 4.06. The lowest BCUT2D eigenvalue weighted by molar-refractivity contribution is -0.132. The number of benzene rings is 1. The standard InChI is InChI=1S/C12H15FN2O2/c13-9-3-4-10(14)11(7-9)17-8-12(16)15-5-1-2-6-15/h3-4,7H,1-2,5-6,8,14H2. The van der Waals surface area contributed by atoms with Crippen molar-refractivity contribution in [3.8, 4) is 5.75 Å². The molecule has 1 amide bonds. The molecule has 0 bridgehead atoms. The third kappa shape index (κ3) is 2.87. The summed E-state index contributed by atoms with van der Waals surface area (Å²) >= 11 is 0. The van der Waals surface area contributed by atoms with Gasteiger partial charge in [0.05, 0.1) is 5.69 Å². The van der Waals surface area contributed by atoms with Crippen molar-refractivity contribution < 1.29 is 13.9 Å². The van der Waals surface area contributed by atoms with Crippen molar-refractivity contribution in [3.63, 3.8) is 0 Å². The van der Waals surface area contributed by atoms with Gasteiger partial charge in [0.15, 0.2) is 6.61 Å². The van der Waals surface area contributed by atoms with Crippen LogP contribution < -0.4 is 10.5 Å². The van der Waals surface area contributed by atoms with E-state index in [1.165, 1.54) is 18.2 Å². The van der Waals surface area contributed by atoms with Crippen LogP contribution in [0.4, 0.5) is 10.1 Å². The molecule has 17 heavy (non-hydrogen) atoms. The Hall–Kier alpha value is -1.78. The summed E-state index contributed by atoms with van der Waals surface area (Å²) in [7, 11) is 0. The number of hydrogen-bond acceptors (Lipinski definition) is 3. The van der Waals surface area contributed by atoms with Crippen molar-refractivity contribution in [1.82, 2.24) is 4.90 Å². The number of carbonyl (C=O) groups is 1. The molecule has 1 aromatic rings. The Morgan fingerprint density at radius 3 is 2.82 bits per heavy atom. The molecule has 92 valence electrons. The van der Waals surface area contributed by atoms with Gasteiger partial charge in [0.1, 0.15) is 11.6 Å². The highest BCUT2D eigenvalue weighted by Crippen LogP contribution is 2.22. The van der Waals surface area contributed by atoms with E-state index in [9.17, 15) is 9.18 Å². The van der Waals surface area contributed by atoms with Gasteiger partial charge in [-0.05, 0) is 25.0 Å². The number of nitrogens with zero attached hydrogens (tertiary/aromatic N) is 1. The van der Waals surface area contributed by atoms with E-state index in [0.29, 0.717) is 5.69 Å². The zero-order chi connectivity index (χ0) is 12.3. The fourth-order valence-corrected chi connectivity index (χ4v) is 1.83. The van der Waals surface area contributed by atoms with Gasteiger partial charge in [-0.2, -0.15) is 0 Å². The maximum atomic E-state index is 12.9. The largest absolute Gasteiger partial charge is 0.482 e. The van der Waals surface area contributed by atoms with Crippen molar-refractivity contribution in [2.45, 2.75) is 12.8 Å². The molecule has 1 aliphatic rings. The second kappa shape index (κ2) is 5.03. The Morgan fingerprint density at radius 1 is 1.41 bits per heavy atom. The van der Waals surface area contributed by atoms with Gasteiger partial charge < -0.3 is 15.4 Å². The Bertz CT molecular complexity index is 417. The van der Waals surface area contributed by atoms with Gasteiger partial charge >= 0.3 is 0 Å². The molecule has 0 unspecified atom stereocenters. The van der Waals surface area contributed by atoms with Crippen LogP contribution in [0.1, 0.15) is 12.8 Å². The summed E-state index contributed by atoms with van der Waals surface area (Å²) in [5.74, 6) is -0.286. The van der Waals surface area contributed by atoms with E-state index in [0.717, 1.165) is 25.9 Å². The van der Waals surface area contributed by atoms with E-state index >= 15 is 0 Å². The minimum Gasteiger partial charge on any atom is -0.482 e. The zero-order valence-electron chi connectivity index (χ0n) is 9.49. The molecule has 4 nitrogen and oxygen atoms in total. The highest BCUT2D eigenvalue weighted by molar-refractivity contribution is 5.78. The number of hydrogen-bond donors (Lipinski definition) is 1. The van der Waals surface area contributed by atoms with Gasteiger partial charge in [-0.3, -0.25) is 4.79 Å². The number of anilines is 1. The number of nitrogens with two attached hydrogens (primary N) is 1. The Kier molecular flexibility index (Phi) is 3.46. The van der Waals surface area contributed by atoms with Gasteiger partial charge in [-0.15, -0.1) is 0 Å². The smallest absolute Gasteiger partial charge is 0.260 e. The van der Waals surface area contributed by atoms with Crippen LogP contribution in [0.25, 0.3) is 0 Å². The van der Waals surface area contributed by atoms with Crippen LogP contribution in [0.3, 0.4) is 0 Å². The fourth-order valence-electron chi connectivity index (χ4n) is 1.83. The normalized spacial score (nSPS) is 15.0. The predicted octanol–water partition coefficient (Wildman–Crippen LogP) is 1.41. The van der Waals surface area contributed by atoms with Crippen LogP contribution in [-0.4, -0.2) is 30.5 Å². The summed E-state index contributed by atoms with van der Waals surface area (Å²) in [6.45, 7) is 1.47. The lowest BCUT2D eigenvalue weighted by Crippen LogP contribution is -2.32. The fraction of sp³-hybridized carbons (Fsp3) is 0.417. The molecule has 0 spiro atoms. The number of carbonyl (C=O) groups excluding carboxylic acids is 1. The van der Waals surface area contributed by atoms with Crippen LogP contribution in [-0.2, 0) is 4.79 Å². The van der Waals surface area contributed by atoms with Crippen molar-refractivity contribution in [3.05, 3.63) is 24.0 Å².